The number of hydrogen-bond donors (Lipinski definition) is 2. The second-order valence-electron chi connectivity index (χ2n) is 7.99. The minimum Gasteiger partial charge on any atom is -0.379 e. The van der Waals surface area contributed by atoms with Gasteiger partial charge in [-0.2, -0.15) is 0 Å². The van der Waals surface area contributed by atoms with Gasteiger partial charge in [-0.25, -0.2) is 5.43 Å². The Hall–Kier alpha value is -1.70. The van der Waals surface area contributed by atoms with Gasteiger partial charge >= 0.3 is 0 Å². The van der Waals surface area contributed by atoms with E-state index < -0.39 is 0 Å². The molecule has 3 aliphatic heterocycles. The van der Waals surface area contributed by atoms with E-state index in [0.717, 1.165) is 64.3 Å². The highest BCUT2D eigenvalue weighted by Crippen LogP contribution is 2.36. The molecule has 1 aromatic rings. The topological polar surface area (TPSA) is 69.7 Å². The molecular formula is C19H29N5O2. The number of nitrogens with one attached hydrogen (secondary N) is 2. The van der Waals surface area contributed by atoms with Gasteiger partial charge in [0.25, 0.3) is 0 Å². The van der Waals surface area contributed by atoms with Crippen LogP contribution in [0.3, 0.4) is 0 Å². The average Bonchev–Trinajstić information content (AvgIpc) is 3.01. The zero-order valence-electron chi connectivity index (χ0n) is 15.5. The molecule has 2 N–H and O–H groups in total. The Morgan fingerprint density at radius 2 is 2.15 bits per heavy atom. The summed E-state index contributed by atoms with van der Waals surface area (Å²) in [7, 11) is 0. The molecule has 2 unspecified atom stereocenters. The lowest BCUT2D eigenvalue weighted by molar-refractivity contribution is -0.136. The van der Waals surface area contributed by atoms with Crippen LogP contribution < -0.4 is 15.8 Å². The first-order valence-corrected chi connectivity index (χ1v) is 9.68. The molecule has 0 saturated carbocycles. The number of piperidine rings is 1. The number of likely N-dealkylation sites (tertiary alicyclic amines) is 1. The number of amides is 1. The van der Waals surface area contributed by atoms with Crippen LogP contribution in [0.1, 0.15) is 26.2 Å². The van der Waals surface area contributed by atoms with Crippen LogP contribution in [0.4, 0.5) is 5.69 Å². The minimum absolute atomic E-state index is 0.0867. The van der Waals surface area contributed by atoms with Crippen molar-refractivity contribution < 1.29 is 9.53 Å². The Bertz CT molecular complexity index is 618. The maximum absolute atomic E-state index is 12.7. The Balaban J connectivity index is 1.39. The highest BCUT2D eigenvalue weighted by atomic mass is 16.5. The summed E-state index contributed by atoms with van der Waals surface area (Å²) in [4.78, 5) is 21.4. The van der Waals surface area contributed by atoms with E-state index >= 15 is 0 Å². The number of ether oxygens (including phenoxy) is 1. The lowest BCUT2D eigenvalue weighted by Crippen LogP contribution is -2.53. The number of hydrazine groups is 1. The molecule has 3 aliphatic rings. The summed E-state index contributed by atoms with van der Waals surface area (Å²) >= 11 is 0. The van der Waals surface area contributed by atoms with Crippen molar-refractivity contribution in [1.82, 2.24) is 20.7 Å². The van der Waals surface area contributed by atoms with Gasteiger partial charge in [-0.3, -0.25) is 15.2 Å². The molecule has 142 valence electrons. The third kappa shape index (κ3) is 3.70. The molecule has 7 heteroatoms. The number of hydrogen-bond acceptors (Lipinski definition) is 6. The molecule has 0 radical (unpaired) electrons. The summed E-state index contributed by atoms with van der Waals surface area (Å²) in [6.07, 6.45) is 6.58. The van der Waals surface area contributed by atoms with E-state index in [4.69, 9.17) is 4.74 Å². The Labute approximate surface area is 155 Å². The fourth-order valence-corrected chi connectivity index (χ4v) is 4.36. The zero-order valence-corrected chi connectivity index (χ0v) is 15.5. The molecule has 4 rings (SSSR count). The summed E-state index contributed by atoms with van der Waals surface area (Å²) in [5.41, 5.74) is 7.56. The number of rotatable bonds is 2. The van der Waals surface area contributed by atoms with Crippen LogP contribution in [0.2, 0.25) is 0 Å². The minimum atomic E-state index is -0.0867. The van der Waals surface area contributed by atoms with Gasteiger partial charge in [0.05, 0.1) is 25.1 Å². The van der Waals surface area contributed by atoms with Gasteiger partial charge in [0.15, 0.2) is 0 Å². The van der Waals surface area contributed by atoms with Crippen molar-refractivity contribution >= 4 is 11.6 Å². The SMILES string of the molecule is CC1CC(C(=O)N2CCC3(CC2)COCCN(c2cccnc2)C3)NN1. The maximum atomic E-state index is 12.7. The lowest BCUT2D eigenvalue weighted by atomic mass is 9.78. The standard InChI is InChI=1S/C19H29N5O2/c1-15-11-17(22-21-15)18(25)23-7-4-19(5-8-23)13-24(9-10-26-14-19)16-3-2-6-20-12-16/h2-3,6,12,15,17,21-22H,4-5,7-11,13-14H2,1H3. The largest absolute Gasteiger partial charge is 0.379 e. The summed E-state index contributed by atoms with van der Waals surface area (Å²) in [6.45, 7) is 7.13. The highest BCUT2D eigenvalue weighted by Gasteiger charge is 2.41. The quantitative estimate of drug-likeness (QED) is 0.813. The van der Waals surface area contributed by atoms with Gasteiger partial charge in [0.1, 0.15) is 6.04 Å². The van der Waals surface area contributed by atoms with Gasteiger partial charge in [-0.15, -0.1) is 0 Å². The molecule has 7 nitrogen and oxygen atoms in total. The normalized spacial score (nSPS) is 29.0. The molecule has 0 bridgehead atoms. The molecule has 26 heavy (non-hydrogen) atoms. The molecule has 4 heterocycles. The van der Waals surface area contributed by atoms with E-state index in [1.54, 1.807) is 0 Å². The van der Waals surface area contributed by atoms with Crippen molar-refractivity contribution in [2.45, 2.75) is 38.3 Å². The lowest BCUT2D eigenvalue weighted by Gasteiger charge is -2.43. The predicted molar refractivity (Wildman–Crippen MR) is 99.7 cm³/mol. The summed E-state index contributed by atoms with van der Waals surface area (Å²) in [5.74, 6) is 0.232. The molecule has 1 spiro atoms. The van der Waals surface area contributed by atoms with Crippen LogP contribution in [0.25, 0.3) is 0 Å². The van der Waals surface area contributed by atoms with Crippen LogP contribution >= 0.6 is 0 Å². The van der Waals surface area contributed by atoms with Crippen LogP contribution in [-0.4, -0.2) is 67.3 Å². The molecule has 0 aliphatic carbocycles. The van der Waals surface area contributed by atoms with E-state index in [2.05, 4.69) is 33.7 Å². The van der Waals surface area contributed by atoms with Gasteiger partial charge in [-0.1, -0.05) is 0 Å². The monoisotopic (exact) mass is 359 g/mol. The predicted octanol–water partition coefficient (Wildman–Crippen LogP) is 0.782. The van der Waals surface area contributed by atoms with Crippen LogP contribution in [0.15, 0.2) is 24.5 Å². The van der Waals surface area contributed by atoms with Gasteiger partial charge in [0.2, 0.25) is 5.91 Å². The van der Waals surface area contributed by atoms with Crippen LogP contribution in [0.5, 0.6) is 0 Å². The zero-order chi connectivity index (χ0) is 18.0. The third-order valence-corrected chi connectivity index (χ3v) is 5.98. The van der Waals surface area contributed by atoms with Crippen LogP contribution in [0, 0.1) is 5.41 Å². The fourth-order valence-electron chi connectivity index (χ4n) is 4.36. The second kappa shape index (κ2) is 7.50. The molecule has 3 fully saturated rings. The second-order valence-corrected chi connectivity index (χ2v) is 7.99. The van der Waals surface area contributed by atoms with E-state index in [9.17, 15) is 4.79 Å². The molecular weight excluding hydrogens is 330 g/mol. The van der Waals surface area contributed by atoms with Gasteiger partial charge < -0.3 is 14.5 Å². The molecule has 1 amide bonds. The van der Waals surface area contributed by atoms with Crippen molar-refractivity contribution in [2.75, 3.05) is 44.3 Å². The smallest absolute Gasteiger partial charge is 0.241 e. The van der Waals surface area contributed by atoms with Gasteiger partial charge in [-0.05, 0) is 38.3 Å². The Morgan fingerprint density at radius 3 is 2.85 bits per heavy atom. The average molecular weight is 359 g/mol. The van der Waals surface area contributed by atoms with Crippen molar-refractivity contribution in [2.24, 2.45) is 5.41 Å². The number of anilines is 1. The van der Waals surface area contributed by atoms with E-state index in [1.807, 2.05) is 23.4 Å². The Morgan fingerprint density at radius 1 is 1.31 bits per heavy atom. The van der Waals surface area contributed by atoms with Crippen molar-refractivity contribution in [3.05, 3.63) is 24.5 Å². The maximum Gasteiger partial charge on any atom is 0.241 e. The first-order valence-electron chi connectivity index (χ1n) is 9.68. The molecule has 3 saturated heterocycles. The third-order valence-electron chi connectivity index (χ3n) is 5.98. The van der Waals surface area contributed by atoms with E-state index in [-0.39, 0.29) is 17.4 Å². The number of carbonyl (C=O) groups excluding carboxylic acids is 1. The summed E-state index contributed by atoms with van der Waals surface area (Å²) in [6, 6.07) is 4.36. The van der Waals surface area contributed by atoms with E-state index in [0.29, 0.717) is 6.04 Å². The van der Waals surface area contributed by atoms with Crippen molar-refractivity contribution in [1.29, 1.82) is 0 Å². The molecule has 0 aromatic carbocycles. The van der Waals surface area contributed by atoms with Crippen molar-refractivity contribution in [3.8, 4) is 0 Å². The Kier molecular flexibility index (Phi) is 5.11. The first-order chi connectivity index (χ1) is 12.7. The van der Waals surface area contributed by atoms with Gasteiger partial charge in [0, 0.05) is 43.8 Å². The summed E-state index contributed by atoms with van der Waals surface area (Å²) in [5, 5.41) is 0. The number of nitrogens with zero attached hydrogens (tertiary/aromatic N) is 3. The van der Waals surface area contributed by atoms with Crippen LogP contribution in [-0.2, 0) is 9.53 Å². The molecule has 1 aromatic heterocycles. The fraction of sp³-hybridized carbons (Fsp3) is 0.684. The number of pyridine rings is 1. The molecule has 2 atom stereocenters. The highest BCUT2D eigenvalue weighted by molar-refractivity contribution is 5.82. The number of aromatic nitrogens is 1. The summed E-state index contributed by atoms with van der Waals surface area (Å²) < 4.78 is 5.96. The van der Waals surface area contributed by atoms with Crippen molar-refractivity contribution in [3.63, 3.8) is 0 Å². The number of carbonyl (C=O) groups is 1. The first kappa shape index (κ1) is 17.7. The van der Waals surface area contributed by atoms with E-state index in [1.165, 1.54) is 0 Å².